The summed E-state index contributed by atoms with van der Waals surface area (Å²) < 4.78 is 26.3. The minimum atomic E-state index is -1.08. The van der Waals surface area contributed by atoms with Gasteiger partial charge < -0.3 is 10.4 Å². The Morgan fingerprint density at radius 3 is 2.87 bits per heavy atom. The molecule has 15 heavy (non-hydrogen) atoms. The first-order chi connectivity index (χ1) is 7.09. The Hall–Kier alpha value is -1.65. The highest BCUT2D eigenvalue weighted by molar-refractivity contribution is 5.80. The third-order valence-corrected chi connectivity index (χ3v) is 2.49. The van der Waals surface area contributed by atoms with Gasteiger partial charge in [-0.05, 0) is 12.5 Å². The smallest absolute Gasteiger partial charge is 0.311 e. The molecule has 1 aliphatic heterocycles. The van der Waals surface area contributed by atoms with Gasteiger partial charge in [-0.15, -0.1) is 0 Å². The second-order valence-corrected chi connectivity index (χ2v) is 3.46. The predicted molar refractivity (Wildman–Crippen MR) is 49.8 cm³/mol. The molecule has 1 aliphatic rings. The van der Waals surface area contributed by atoms with Crippen LogP contribution < -0.4 is 5.32 Å². The van der Waals surface area contributed by atoms with Crippen LogP contribution in [0.2, 0.25) is 0 Å². The average Bonchev–Trinajstić information content (AvgIpc) is 2.16. The molecule has 2 rings (SSSR count). The molecule has 0 fully saturated rings. The molecule has 0 radical (unpaired) electrons. The van der Waals surface area contributed by atoms with Gasteiger partial charge in [-0.25, -0.2) is 8.78 Å². The summed E-state index contributed by atoms with van der Waals surface area (Å²) in [5, 5.41) is 11.7. The Morgan fingerprint density at radius 1 is 1.47 bits per heavy atom. The number of carbonyl (C=O) groups is 1. The van der Waals surface area contributed by atoms with Crippen molar-refractivity contribution in [2.75, 3.05) is 11.9 Å². The molecule has 1 aromatic rings. The van der Waals surface area contributed by atoms with Crippen LogP contribution in [0, 0.1) is 11.6 Å². The summed E-state index contributed by atoms with van der Waals surface area (Å²) in [5.74, 6) is -3.47. The topological polar surface area (TPSA) is 49.3 Å². The first-order valence-electron chi connectivity index (χ1n) is 4.55. The molecule has 0 amide bonds. The van der Waals surface area contributed by atoms with Crippen LogP contribution in [0.5, 0.6) is 0 Å². The van der Waals surface area contributed by atoms with Crippen LogP contribution in [-0.2, 0) is 4.79 Å². The van der Waals surface area contributed by atoms with Gasteiger partial charge in [-0.2, -0.15) is 0 Å². The lowest BCUT2D eigenvalue weighted by Gasteiger charge is -2.24. The van der Waals surface area contributed by atoms with Crippen molar-refractivity contribution in [2.24, 2.45) is 0 Å². The number of aliphatic carboxylic acids is 1. The highest BCUT2D eigenvalue weighted by Crippen LogP contribution is 2.34. The van der Waals surface area contributed by atoms with Crippen molar-refractivity contribution in [3.8, 4) is 0 Å². The number of hydrogen-bond acceptors (Lipinski definition) is 2. The lowest BCUT2D eigenvalue weighted by atomic mass is 9.90. The molecule has 1 heterocycles. The first-order valence-corrected chi connectivity index (χ1v) is 4.55. The van der Waals surface area contributed by atoms with E-state index in [0.717, 1.165) is 6.07 Å². The number of rotatable bonds is 1. The van der Waals surface area contributed by atoms with Crippen LogP contribution in [0.3, 0.4) is 0 Å². The predicted octanol–water partition coefficient (Wildman–Crippen LogP) is 1.95. The number of carboxylic acids is 1. The van der Waals surface area contributed by atoms with E-state index >= 15 is 0 Å². The van der Waals surface area contributed by atoms with Crippen LogP contribution in [0.15, 0.2) is 12.1 Å². The summed E-state index contributed by atoms with van der Waals surface area (Å²) in [4.78, 5) is 10.9. The molecule has 1 aromatic carbocycles. The number of carboxylic acid groups (broad SMARTS) is 1. The van der Waals surface area contributed by atoms with E-state index in [4.69, 9.17) is 5.11 Å². The van der Waals surface area contributed by atoms with E-state index in [1.165, 1.54) is 0 Å². The van der Waals surface area contributed by atoms with Crippen molar-refractivity contribution in [2.45, 2.75) is 12.3 Å². The fourth-order valence-electron chi connectivity index (χ4n) is 1.83. The van der Waals surface area contributed by atoms with Gasteiger partial charge in [0.05, 0.1) is 5.92 Å². The zero-order valence-corrected chi connectivity index (χ0v) is 7.76. The molecule has 80 valence electrons. The van der Waals surface area contributed by atoms with Crippen LogP contribution >= 0.6 is 0 Å². The van der Waals surface area contributed by atoms with Crippen LogP contribution in [0.25, 0.3) is 0 Å². The molecule has 0 saturated heterocycles. The first kappa shape index (κ1) is 9.89. The van der Waals surface area contributed by atoms with Gasteiger partial charge in [0.1, 0.15) is 11.6 Å². The van der Waals surface area contributed by atoms with Crippen LogP contribution in [0.4, 0.5) is 14.5 Å². The van der Waals surface area contributed by atoms with E-state index in [1.807, 2.05) is 0 Å². The number of benzene rings is 1. The molecule has 5 heteroatoms. The fraction of sp³-hybridized carbons (Fsp3) is 0.300. The number of anilines is 1. The Labute approximate surface area is 84.7 Å². The zero-order valence-electron chi connectivity index (χ0n) is 7.76. The molecule has 2 N–H and O–H groups in total. The molecule has 3 nitrogen and oxygen atoms in total. The SMILES string of the molecule is O=C(O)C1CCNc2cc(F)cc(F)c21. The number of nitrogens with one attached hydrogen (secondary N) is 1. The minimum Gasteiger partial charge on any atom is -0.481 e. The van der Waals surface area contributed by atoms with Crippen molar-refractivity contribution in [3.63, 3.8) is 0 Å². The second kappa shape index (κ2) is 3.49. The minimum absolute atomic E-state index is 0.0511. The van der Waals surface area contributed by atoms with E-state index in [1.54, 1.807) is 0 Å². The molecule has 1 unspecified atom stereocenters. The van der Waals surface area contributed by atoms with Gasteiger partial charge in [-0.1, -0.05) is 0 Å². The van der Waals surface area contributed by atoms with Crippen molar-refractivity contribution in [1.29, 1.82) is 0 Å². The summed E-state index contributed by atoms with van der Waals surface area (Å²) in [6, 6.07) is 1.83. The Morgan fingerprint density at radius 2 is 2.20 bits per heavy atom. The van der Waals surface area contributed by atoms with Gasteiger partial charge in [0, 0.05) is 23.9 Å². The quantitative estimate of drug-likeness (QED) is 0.749. The summed E-state index contributed by atoms with van der Waals surface area (Å²) in [7, 11) is 0. The molecule has 0 bridgehead atoms. The zero-order chi connectivity index (χ0) is 11.0. The summed E-state index contributed by atoms with van der Waals surface area (Å²) >= 11 is 0. The fourth-order valence-corrected chi connectivity index (χ4v) is 1.83. The molecule has 0 aliphatic carbocycles. The highest BCUT2D eigenvalue weighted by atomic mass is 19.1. The summed E-state index contributed by atoms with van der Waals surface area (Å²) in [5.41, 5.74) is 0.293. The number of hydrogen-bond donors (Lipinski definition) is 2. The maximum absolute atomic E-state index is 13.4. The molecule has 0 saturated carbocycles. The molecule has 0 aromatic heterocycles. The molecular weight excluding hydrogens is 204 g/mol. The molecule has 1 atom stereocenters. The standard InChI is InChI=1S/C10H9F2NO2/c11-5-3-7(12)9-6(10(14)15)1-2-13-8(9)4-5/h3-4,6,13H,1-2H2,(H,14,15). The van der Waals surface area contributed by atoms with Gasteiger partial charge in [-0.3, -0.25) is 4.79 Å². The third kappa shape index (κ3) is 1.65. The molecule has 0 spiro atoms. The number of halogens is 2. The Kier molecular flexibility index (Phi) is 2.30. The summed E-state index contributed by atoms with van der Waals surface area (Å²) in [6.07, 6.45) is 0.310. The van der Waals surface area contributed by atoms with Crippen molar-refractivity contribution >= 4 is 11.7 Å². The number of fused-ring (bicyclic) bond motifs is 1. The largest absolute Gasteiger partial charge is 0.481 e. The third-order valence-electron chi connectivity index (χ3n) is 2.49. The lowest BCUT2D eigenvalue weighted by molar-refractivity contribution is -0.139. The molecular formula is C10H9F2NO2. The normalized spacial score (nSPS) is 19.2. The van der Waals surface area contributed by atoms with E-state index in [2.05, 4.69) is 5.32 Å². The maximum atomic E-state index is 13.4. The van der Waals surface area contributed by atoms with Gasteiger partial charge in [0.25, 0.3) is 0 Å². The van der Waals surface area contributed by atoms with Crippen LogP contribution in [0.1, 0.15) is 17.9 Å². The summed E-state index contributed by atoms with van der Waals surface area (Å²) in [6.45, 7) is 0.410. The lowest BCUT2D eigenvalue weighted by Crippen LogP contribution is -2.24. The van der Waals surface area contributed by atoms with Crippen molar-refractivity contribution in [3.05, 3.63) is 29.3 Å². The monoisotopic (exact) mass is 213 g/mol. The van der Waals surface area contributed by atoms with Crippen molar-refractivity contribution in [1.82, 2.24) is 0 Å². The Bertz CT molecular complexity index is 420. The van der Waals surface area contributed by atoms with Crippen molar-refractivity contribution < 1.29 is 18.7 Å². The van der Waals surface area contributed by atoms with Crippen LogP contribution in [-0.4, -0.2) is 17.6 Å². The maximum Gasteiger partial charge on any atom is 0.311 e. The Balaban J connectivity index is 2.55. The van der Waals surface area contributed by atoms with Gasteiger partial charge in [0.2, 0.25) is 0 Å². The van der Waals surface area contributed by atoms with E-state index in [9.17, 15) is 13.6 Å². The highest BCUT2D eigenvalue weighted by Gasteiger charge is 2.29. The van der Waals surface area contributed by atoms with E-state index < -0.39 is 23.5 Å². The second-order valence-electron chi connectivity index (χ2n) is 3.46. The van der Waals surface area contributed by atoms with Gasteiger partial charge in [0.15, 0.2) is 0 Å². The van der Waals surface area contributed by atoms with E-state index in [0.29, 0.717) is 19.0 Å². The average molecular weight is 213 g/mol. The van der Waals surface area contributed by atoms with E-state index in [-0.39, 0.29) is 11.3 Å². The van der Waals surface area contributed by atoms with Gasteiger partial charge >= 0.3 is 5.97 Å².